The Hall–Kier alpha value is -3.06. The van der Waals surface area contributed by atoms with Crippen LogP contribution in [0, 0.1) is 10.1 Å². The fraction of sp³-hybridized carbons (Fsp3) is 0.263. The highest BCUT2D eigenvalue weighted by atomic mass is 16.6. The second-order valence-corrected chi connectivity index (χ2v) is 6.07. The van der Waals surface area contributed by atoms with Crippen LogP contribution in [0.15, 0.2) is 54.6 Å². The Kier molecular flexibility index (Phi) is 5.09. The number of rotatable bonds is 7. The Bertz CT molecular complexity index is 802. The highest BCUT2D eigenvalue weighted by molar-refractivity contribution is 6.21. The Morgan fingerprint density at radius 2 is 1.54 bits per heavy atom. The summed E-state index contributed by atoms with van der Waals surface area (Å²) in [5.41, 5.74) is 1.44. The lowest BCUT2D eigenvalue weighted by Gasteiger charge is -2.29. The number of imide groups is 1. The maximum atomic E-state index is 12.7. The summed E-state index contributed by atoms with van der Waals surface area (Å²) >= 11 is 0. The van der Waals surface area contributed by atoms with Gasteiger partial charge in [0.2, 0.25) is 6.54 Å². The summed E-state index contributed by atoms with van der Waals surface area (Å²) < 4.78 is 5.47. The Balaban J connectivity index is 1.94. The number of benzene rings is 2. The van der Waals surface area contributed by atoms with Gasteiger partial charge in [-0.15, -0.1) is 0 Å². The van der Waals surface area contributed by atoms with E-state index in [-0.39, 0.29) is 11.1 Å². The van der Waals surface area contributed by atoms with Crippen molar-refractivity contribution in [1.82, 2.24) is 4.90 Å². The third-order valence-corrected chi connectivity index (χ3v) is 4.50. The monoisotopic (exact) mass is 354 g/mol. The van der Waals surface area contributed by atoms with Gasteiger partial charge in [-0.05, 0) is 17.7 Å². The predicted molar refractivity (Wildman–Crippen MR) is 93.5 cm³/mol. The van der Waals surface area contributed by atoms with Crippen LogP contribution in [0.25, 0.3) is 0 Å². The molecular formula is C19H18N2O5. The average molecular weight is 354 g/mol. The molecule has 2 amide bonds. The number of hydrogen-bond acceptors (Lipinski definition) is 5. The minimum absolute atomic E-state index is 0.264. The molecular weight excluding hydrogens is 336 g/mol. The molecule has 2 atom stereocenters. The maximum Gasteiger partial charge on any atom is 0.262 e. The van der Waals surface area contributed by atoms with Crippen LogP contribution in [-0.4, -0.2) is 47.4 Å². The standard InChI is InChI=1S/C19H18N2O5/c1-26-17(11-13-7-3-2-4-8-13)16(12-20(24)25)21-18(22)14-9-5-6-10-15(14)19(21)23/h2-10,16-17H,11-12H2,1H3/t16-,17+/m1/s1. The number of fused-ring (bicyclic) bond motifs is 1. The lowest BCUT2D eigenvalue weighted by Crippen LogP contribution is -2.52. The zero-order chi connectivity index (χ0) is 18.7. The first-order chi connectivity index (χ1) is 12.5. The minimum Gasteiger partial charge on any atom is -0.379 e. The SMILES string of the molecule is CO[C@@H](Cc1ccccc1)[C@@H](C[N+](=O)[O-])N1C(=O)c2ccccc2C1=O. The summed E-state index contributed by atoms with van der Waals surface area (Å²) in [6.07, 6.45) is -0.339. The number of ether oxygens (including phenoxy) is 1. The first-order valence-corrected chi connectivity index (χ1v) is 8.18. The molecule has 7 heteroatoms. The normalized spacial score (nSPS) is 15.7. The molecule has 0 aromatic heterocycles. The zero-order valence-corrected chi connectivity index (χ0v) is 14.2. The molecule has 1 aliphatic rings. The summed E-state index contributed by atoms with van der Waals surface area (Å²) in [5.74, 6) is -1.04. The van der Waals surface area contributed by atoms with Gasteiger partial charge < -0.3 is 4.74 Å². The van der Waals surface area contributed by atoms with Crippen LogP contribution in [0.5, 0.6) is 0 Å². The van der Waals surface area contributed by atoms with E-state index in [2.05, 4.69) is 0 Å². The third-order valence-electron chi connectivity index (χ3n) is 4.50. The van der Waals surface area contributed by atoms with Gasteiger partial charge in [0.05, 0.1) is 17.2 Å². The van der Waals surface area contributed by atoms with E-state index in [9.17, 15) is 19.7 Å². The average Bonchev–Trinajstić information content (AvgIpc) is 2.90. The number of methoxy groups -OCH3 is 1. The number of carbonyl (C=O) groups is 2. The fourth-order valence-corrected chi connectivity index (χ4v) is 3.25. The molecule has 0 saturated carbocycles. The van der Waals surface area contributed by atoms with Crippen LogP contribution < -0.4 is 0 Å². The second kappa shape index (κ2) is 7.45. The molecule has 7 nitrogen and oxygen atoms in total. The van der Waals surface area contributed by atoms with Gasteiger partial charge in [-0.3, -0.25) is 24.6 Å². The minimum atomic E-state index is -0.998. The van der Waals surface area contributed by atoms with Crippen molar-refractivity contribution in [1.29, 1.82) is 0 Å². The second-order valence-electron chi connectivity index (χ2n) is 6.07. The molecule has 2 aromatic carbocycles. The fourth-order valence-electron chi connectivity index (χ4n) is 3.25. The first kappa shape index (κ1) is 17.8. The summed E-state index contributed by atoms with van der Waals surface area (Å²) in [7, 11) is 1.43. The Morgan fingerprint density at radius 3 is 2.04 bits per heavy atom. The quantitative estimate of drug-likeness (QED) is 0.432. The van der Waals surface area contributed by atoms with E-state index in [0.29, 0.717) is 6.42 Å². The zero-order valence-electron chi connectivity index (χ0n) is 14.2. The van der Waals surface area contributed by atoms with Crippen LogP contribution in [0.4, 0.5) is 0 Å². The van der Waals surface area contributed by atoms with Gasteiger partial charge in [0.1, 0.15) is 6.04 Å². The molecule has 134 valence electrons. The van der Waals surface area contributed by atoms with Gasteiger partial charge in [0.15, 0.2) is 0 Å². The van der Waals surface area contributed by atoms with Crippen molar-refractivity contribution in [3.63, 3.8) is 0 Å². The predicted octanol–water partition coefficient (Wildman–Crippen LogP) is 2.19. The Labute approximate surface area is 150 Å². The number of carbonyl (C=O) groups excluding carboxylic acids is 2. The lowest BCUT2D eigenvalue weighted by molar-refractivity contribution is -0.487. The van der Waals surface area contributed by atoms with Crippen molar-refractivity contribution in [2.75, 3.05) is 13.7 Å². The number of nitrogens with zero attached hydrogens (tertiary/aromatic N) is 2. The van der Waals surface area contributed by atoms with Crippen molar-refractivity contribution < 1.29 is 19.2 Å². The first-order valence-electron chi connectivity index (χ1n) is 8.18. The molecule has 26 heavy (non-hydrogen) atoms. The number of nitro groups is 1. The molecule has 0 N–H and O–H groups in total. The van der Waals surface area contributed by atoms with Gasteiger partial charge in [0, 0.05) is 18.5 Å². The topological polar surface area (TPSA) is 89.8 Å². The molecule has 1 heterocycles. The van der Waals surface area contributed by atoms with E-state index >= 15 is 0 Å². The van der Waals surface area contributed by atoms with E-state index < -0.39 is 35.4 Å². The molecule has 3 rings (SSSR count). The smallest absolute Gasteiger partial charge is 0.262 e. The number of amides is 2. The molecule has 0 radical (unpaired) electrons. The van der Waals surface area contributed by atoms with Crippen molar-refractivity contribution in [2.24, 2.45) is 0 Å². The van der Waals surface area contributed by atoms with Crippen LogP contribution in [0.3, 0.4) is 0 Å². The van der Waals surface area contributed by atoms with E-state index in [4.69, 9.17) is 4.74 Å². The largest absolute Gasteiger partial charge is 0.379 e. The van der Waals surface area contributed by atoms with Crippen molar-refractivity contribution in [3.8, 4) is 0 Å². The Morgan fingerprint density at radius 1 is 1.00 bits per heavy atom. The molecule has 0 unspecified atom stereocenters. The third kappa shape index (κ3) is 3.34. The molecule has 0 spiro atoms. The van der Waals surface area contributed by atoms with Gasteiger partial charge in [0.25, 0.3) is 11.8 Å². The van der Waals surface area contributed by atoms with E-state index in [1.165, 1.54) is 7.11 Å². The summed E-state index contributed by atoms with van der Waals surface area (Å²) in [5, 5.41) is 11.2. The van der Waals surface area contributed by atoms with Crippen LogP contribution >= 0.6 is 0 Å². The van der Waals surface area contributed by atoms with Gasteiger partial charge in [-0.2, -0.15) is 0 Å². The van der Waals surface area contributed by atoms with Gasteiger partial charge in [-0.25, -0.2) is 0 Å². The summed E-state index contributed by atoms with van der Waals surface area (Å²) in [4.78, 5) is 37.1. The molecule has 0 fully saturated rings. The van der Waals surface area contributed by atoms with E-state index in [1.54, 1.807) is 24.3 Å². The molecule has 1 aliphatic heterocycles. The van der Waals surface area contributed by atoms with Crippen LogP contribution in [0.1, 0.15) is 26.3 Å². The van der Waals surface area contributed by atoms with E-state index in [1.807, 2.05) is 30.3 Å². The lowest BCUT2D eigenvalue weighted by atomic mass is 10.0. The van der Waals surface area contributed by atoms with Gasteiger partial charge in [-0.1, -0.05) is 42.5 Å². The molecule has 2 aromatic rings. The number of hydrogen-bond donors (Lipinski definition) is 0. The highest BCUT2D eigenvalue weighted by Gasteiger charge is 2.45. The van der Waals surface area contributed by atoms with Crippen molar-refractivity contribution in [2.45, 2.75) is 18.6 Å². The molecule has 0 aliphatic carbocycles. The van der Waals surface area contributed by atoms with Crippen molar-refractivity contribution >= 4 is 11.8 Å². The summed E-state index contributed by atoms with van der Waals surface area (Å²) in [6, 6.07) is 14.7. The summed E-state index contributed by atoms with van der Waals surface area (Å²) in [6.45, 7) is -0.573. The van der Waals surface area contributed by atoms with Crippen LogP contribution in [0.2, 0.25) is 0 Å². The van der Waals surface area contributed by atoms with E-state index in [0.717, 1.165) is 10.5 Å². The molecule has 0 bridgehead atoms. The highest BCUT2D eigenvalue weighted by Crippen LogP contribution is 2.27. The van der Waals surface area contributed by atoms with Crippen LogP contribution in [-0.2, 0) is 11.2 Å². The maximum absolute atomic E-state index is 12.7. The van der Waals surface area contributed by atoms with Crippen molar-refractivity contribution in [3.05, 3.63) is 81.4 Å². The molecule has 0 saturated heterocycles. The van der Waals surface area contributed by atoms with Gasteiger partial charge >= 0.3 is 0 Å².